The van der Waals surface area contributed by atoms with Crippen LogP contribution >= 0.6 is 23.2 Å². The SMILES string of the molecule is CNC(CCc1ccco1)Cc1ccc(Cl)cc1Cl. The highest BCUT2D eigenvalue weighted by molar-refractivity contribution is 6.35. The zero-order valence-corrected chi connectivity index (χ0v) is 12.3. The van der Waals surface area contributed by atoms with Gasteiger partial charge >= 0.3 is 0 Å². The Kier molecular flexibility index (Phi) is 5.32. The van der Waals surface area contributed by atoms with E-state index < -0.39 is 0 Å². The van der Waals surface area contributed by atoms with E-state index in [9.17, 15) is 0 Å². The summed E-state index contributed by atoms with van der Waals surface area (Å²) < 4.78 is 5.35. The summed E-state index contributed by atoms with van der Waals surface area (Å²) in [7, 11) is 1.97. The molecule has 2 aromatic rings. The zero-order valence-electron chi connectivity index (χ0n) is 10.8. The lowest BCUT2D eigenvalue weighted by molar-refractivity contribution is 0.460. The van der Waals surface area contributed by atoms with Crippen molar-refractivity contribution in [3.05, 3.63) is 58.0 Å². The van der Waals surface area contributed by atoms with Gasteiger partial charge in [-0.3, -0.25) is 0 Å². The first-order chi connectivity index (χ1) is 9.19. The predicted molar refractivity (Wildman–Crippen MR) is 80.0 cm³/mol. The number of furan rings is 1. The molecule has 0 spiro atoms. The first kappa shape index (κ1) is 14.4. The first-order valence-electron chi connectivity index (χ1n) is 6.32. The standard InChI is InChI=1S/C15H17Cl2NO/c1-18-13(6-7-14-3-2-8-19-14)9-11-4-5-12(16)10-15(11)17/h2-5,8,10,13,18H,6-7,9H2,1H3. The van der Waals surface area contributed by atoms with E-state index in [-0.39, 0.29) is 0 Å². The quantitative estimate of drug-likeness (QED) is 0.857. The maximum absolute atomic E-state index is 6.20. The fourth-order valence-electron chi connectivity index (χ4n) is 2.07. The number of hydrogen-bond acceptors (Lipinski definition) is 2. The van der Waals surface area contributed by atoms with E-state index in [1.54, 1.807) is 12.3 Å². The van der Waals surface area contributed by atoms with Gasteiger partial charge in [0.1, 0.15) is 5.76 Å². The fraction of sp³-hybridized carbons (Fsp3) is 0.333. The van der Waals surface area contributed by atoms with Crippen molar-refractivity contribution in [2.24, 2.45) is 0 Å². The van der Waals surface area contributed by atoms with Gasteiger partial charge in [0.15, 0.2) is 0 Å². The molecule has 2 nitrogen and oxygen atoms in total. The molecule has 0 bridgehead atoms. The summed E-state index contributed by atoms with van der Waals surface area (Å²) in [6, 6.07) is 9.94. The van der Waals surface area contributed by atoms with Crippen molar-refractivity contribution in [1.82, 2.24) is 5.32 Å². The Bertz CT molecular complexity index is 511. The molecule has 0 aliphatic rings. The van der Waals surface area contributed by atoms with Crippen LogP contribution in [0.1, 0.15) is 17.7 Å². The molecule has 0 aliphatic carbocycles. The Labute approximate surface area is 123 Å². The average Bonchev–Trinajstić information content (AvgIpc) is 2.90. The van der Waals surface area contributed by atoms with Gasteiger partial charge in [0.05, 0.1) is 6.26 Å². The first-order valence-corrected chi connectivity index (χ1v) is 7.08. The Balaban J connectivity index is 1.94. The summed E-state index contributed by atoms with van der Waals surface area (Å²) >= 11 is 12.1. The summed E-state index contributed by atoms with van der Waals surface area (Å²) in [5, 5.41) is 4.72. The van der Waals surface area contributed by atoms with Crippen molar-refractivity contribution in [2.75, 3.05) is 7.05 Å². The van der Waals surface area contributed by atoms with E-state index >= 15 is 0 Å². The van der Waals surface area contributed by atoms with Crippen molar-refractivity contribution in [2.45, 2.75) is 25.3 Å². The Morgan fingerprint density at radius 1 is 1.26 bits per heavy atom. The molecule has 1 N–H and O–H groups in total. The molecule has 1 atom stereocenters. The van der Waals surface area contributed by atoms with E-state index in [4.69, 9.17) is 27.6 Å². The number of rotatable bonds is 6. The van der Waals surface area contributed by atoms with Crippen LogP contribution in [-0.2, 0) is 12.8 Å². The lowest BCUT2D eigenvalue weighted by Crippen LogP contribution is -2.28. The number of aryl methyl sites for hydroxylation is 1. The maximum Gasteiger partial charge on any atom is 0.103 e. The molecule has 0 saturated heterocycles. The second-order valence-corrected chi connectivity index (χ2v) is 5.39. The normalized spacial score (nSPS) is 12.6. The van der Waals surface area contributed by atoms with Gasteiger partial charge in [-0.2, -0.15) is 0 Å². The van der Waals surface area contributed by atoms with Crippen molar-refractivity contribution in [3.8, 4) is 0 Å². The minimum Gasteiger partial charge on any atom is -0.469 e. The molecular weight excluding hydrogens is 281 g/mol. The van der Waals surface area contributed by atoms with Gasteiger partial charge in [0.2, 0.25) is 0 Å². The molecular formula is C15H17Cl2NO. The molecule has 102 valence electrons. The average molecular weight is 298 g/mol. The fourth-order valence-corrected chi connectivity index (χ4v) is 2.56. The maximum atomic E-state index is 6.20. The topological polar surface area (TPSA) is 25.2 Å². The third-order valence-corrected chi connectivity index (χ3v) is 3.80. The van der Waals surface area contributed by atoms with Crippen LogP contribution in [-0.4, -0.2) is 13.1 Å². The van der Waals surface area contributed by atoms with E-state index in [1.165, 1.54) is 0 Å². The molecule has 0 radical (unpaired) electrons. The Morgan fingerprint density at radius 2 is 2.11 bits per heavy atom. The number of halogens is 2. The molecule has 1 aromatic heterocycles. The smallest absolute Gasteiger partial charge is 0.103 e. The zero-order chi connectivity index (χ0) is 13.7. The van der Waals surface area contributed by atoms with Crippen LogP contribution in [0.4, 0.5) is 0 Å². The lowest BCUT2D eigenvalue weighted by atomic mass is 10.0. The van der Waals surface area contributed by atoms with Crippen molar-refractivity contribution >= 4 is 23.2 Å². The van der Waals surface area contributed by atoms with Gasteiger partial charge in [-0.15, -0.1) is 0 Å². The highest BCUT2D eigenvalue weighted by Crippen LogP contribution is 2.23. The third kappa shape index (κ3) is 4.27. The Morgan fingerprint density at radius 3 is 2.74 bits per heavy atom. The summed E-state index contributed by atoms with van der Waals surface area (Å²) in [4.78, 5) is 0. The molecule has 4 heteroatoms. The number of likely N-dealkylation sites (N-methyl/N-ethyl adjacent to an activating group) is 1. The summed E-state index contributed by atoms with van der Waals surface area (Å²) in [6.45, 7) is 0. The summed E-state index contributed by atoms with van der Waals surface area (Å²) in [5.74, 6) is 1.02. The second-order valence-electron chi connectivity index (χ2n) is 4.54. The van der Waals surface area contributed by atoms with Crippen LogP contribution in [0, 0.1) is 0 Å². The molecule has 2 rings (SSSR count). The van der Waals surface area contributed by atoms with E-state index in [0.29, 0.717) is 11.1 Å². The molecule has 1 aromatic carbocycles. The molecule has 0 saturated carbocycles. The van der Waals surface area contributed by atoms with E-state index in [1.807, 2.05) is 31.3 Å². The molecule has 0 aliphatic heterocycles. The van der Waals surface area contributed by atoms with Crippen LogP contribution in [0.25, 0.3) is 0 Å². The number of benzene rings is 1. The second kappa shape index (κ2) is 6.99. The van der Waals surface area contributed by atoms with Crippen molar-refractivity contribution < 1.29 is 4.42 Å². The van der Waals surface area contributed by atoms with Crippen LogP contribution in [0.3, 0.4) is 0 Å². The third-order valence-electron chi connectivity index (χ3n) is 3.21. The van der Waals surface area contributed by atoms with Gasteiger partial charge in [-0.25, -0.2) is 0 Å². The van der Waals surface area contributed by atoms with Crippen molar-refractivity contribution in [3.63, 3.8) is 0 Å². The summed E-state index contributed by atoms with van der Waals surface area (Å²) in [6.07, 6.45) is 4.51. The molecule has 0 fully saturated rings. The van der Waals surface area contributed by atoms with Crippen molar-refractivity contribution in [1.29, 1.82) is 0 Å². The van der Waals surface area contributed by atoms with Gasteiger partial charge in [-0.1, -0.05) is 29.3 Å². The number of nitrogens with one attached hydrogen (secondary N) is 1. The van der Waals surface area contributed by atoms with Crippen LogP contribution in [0.15, 0.2) is 41.0 Å². The Hall–Kier alpha value is -0.960. The molecule has 19 heavy (non-hydrogen) atoms. The van der Waals surface area contributed by atoms with Gasteiger partial charge in [0.25, 0.3) is 0 Å². The minimum atomic E-state index is 0.365. The highest BCUT2D eigenvalue weighted by Gasteiger charge is 2.11. The van der Waals surface area contributed by atoms with E-state index in [0.717, 1.165) is 35.6 Å². The van der Waals surface area contributed by atoms with Crippen LogP contribution < -0.4 is 5.32 Å². The van der Waals surface area contributed by atoms with Crippen LogP contribution in [0.5, 0.6) is 0 Å². The number of hydrogen-bond donors (Lipinski definition) is 1. The molecule has 0 amide bonds. The summed E-state index contributed by atoms with van der Waals surface area (Å²) in [5.41, 5.74) is 1.12. The van der Waals surface area contributed by atoms with Gasteiger partial charge < -0.3 is 9.73 Å². The predicted octanol–water partition coefficient (Wildman–Crippen LogP) is 4.35. The lowest BCUT2D eigenvalue weighted by Gasteiger charge is -2.16. The minimum absolute atomic E-state index is 0.365. The van der Waals surface area contributed by atoms with Gasteiger partial charge in [-0.05, 0) is 49.7 Å². The monoisotopic (exact) mass is 297 g/mol. The van der Waals surface area contributed by atoms with E-state index in [2.05, 4.69) is 5.32 Å². The molecule has 1 heterocycles. The van der Waals surface area contributed by atoms with Gasteiger partial charge in [0, 0.05) is 22.5 Å². The molecule has 1 unspecified atom stereocenters. The highest BCUT2D eigenvalue weighted by atomic mass is 35.5. The van der Waals surface area contributed by atoms with Crippen LogP contribution in [0.2, 0.25) is 10.0 Å². The largest absolute Gasteiger partial charge is 0.469 e.